The van der Waals surface area contributed by atoms with E-state index in [9.17, 15) is 0 Å². The van der Waals surface area contributed by atoms with Crippen molar-refractivity contribution in [3.8, 4) is 0 Å². The van der Waals surface area contributed by atoms with E-state index in [1.807, 2.05) is 0 Å². The number of morpholine rings is 1. The molecule has 2 atom stereocenters. The fourth-order valence-corrected chi connectivity index (χ4v) is 3.52. The first-order valence-electron chi connectivity index (χ1n) is 8.29. The van der Waals surface area contributed by atoms with Crippen LogP contribution in [0.15, 0.2) is 0 Å². The van der Waals surface area contributed by atoms with Crippen molar-refractivity contribution in [3.05, 3.63) is 0 Å². The van der Waals surface area contributed by atoms with E-state index in [2.05, 4.69) is 58.7 Å². The molecule has 0 bridgehead atoms. The lowest BCUT2D eigenvalue weighted by Crippen LogP contribution is -2.55. The van der Waals surface area contributed by atoms with E-state index in [1.54, 1.807) is 0 Å². The van der Waals surface area contributed by atoms with Gasteiger partial charge in [-0.3, -0.25) is 4.90 Å². The van der Waals surface area contributed by atoms with Crippen LogP contribution >= 0.6 is 0 Å². The minimum Gasteiger partial charge on any atom is -0.370 e. The lowest BCUT2D eigenvalue weighted by atomic mass is 9.84. The Bertz CT molecular complexity index is 291. The molecule has 0 aromatic carbocycles. The van der Waals surface area contributed by atoms with E-state index in [1.165, 1.54) is 12.8 Å². The smallest absolute Gasteiger partial charge is 0.0757 e. The van der Waals surface area contributed by atoms with Gasteiger partial charge in [0.15, 0.2) is 0 Å². The molecule has 1 aliphatic rings. The van der Waals surface area contributed by atoms with Gasteiger partial charge in [-0.25, -0.2) is 0 Å². The Morgan fingerprint density at radius 3 is 2.55 bits per heavy atom. The molecule has 1 N–H and O–H groups in total. The summed E-state index contributed by atoms with van der Waals surface area (Å²) >= 11 is 0. The number of nitrogens with zero attached hydrogens (tertiary/aromatic N) is 1. The van der Waals surface area contributed by atoms with Crippen LogP contribution in [0.2, 0.25) is 0 Å². The van der Waals surface area contributed by atoms with Crippen molar-refractivity contribution in [2.24, 2.45) is 5.41 Å². The summed E-state index contributed by atoms with van der Waals surface area (Å²) < 4.78 is 6.02. The van der Waals surface area contributed by atoms with Gasteiger partial charge in [-0.15, -0.1) is 0 Å². The van der Waals surface area contributed by atoms with Crippen LogP contribution in [0.4, 0.5) is 0 Å². The molecule has 3 nitrogen and oxygen atoms in total. The van der Waals surface area contributed by atoms with Crippen LogP contribution in [0.5, 0.6) is 0 Å². The summed E-state index contributed by atoms with van der Waals surface area (Å²) in [6, 6.07) is 0.561. The predicted molar refractivity (Wildman–Crippen MR) is 87.2 cm³/mol. The quantitative estimate of drug-likeness (QED) is 0.776. The minimum absolute atomic E-state index is 0.0176. The maximum Gasteiger partial charge on any atom is 0.0757 e. The average Bonchev–Trinajstić information content (AvgIpc) is 2.23. The number of hydrogen-bond donors (Lipinski definition) is 1. The van der Waals surface area contributed by atoms with Crippen LogP contribution in [-0.4, -0.2) is 48.8 Å². The highest BCUT2D eigenvalue weighted by Crippen LogP contribution is 2.28. The molecule has 0 aliphatic carbocycles. The molecule has 1 saturated heterocycles. The van der Waals surface area contributed by atoms with Crippen molar-refractivity contribution in [1.29, 1.82) is 0 Å². The number of nitrogens with one attached hydrogen (secondary N) is 1. The Morgan fingerprint density at radius 2 is 2.05 bits per heavy atom. The normalized spacial score (nSPS) is 26.7. The van der Waals surface area contributed by atoms with Crippen LogP contribution in [0.3, 0.4) is 0 Å². The second-order valence-electron chi connectivity index (χ2n) is 7.95. The maximum atomic E-state index is 6.02. The third kappa shape index (κ3) is 6.11. The molecule has 0 aromatic heterocycles. The molecule has 20 heavy (non-hydrogen) atoms. The van der Waals surface area contributed by atoms with Gasteiger partial charge in [-0.1, -0.05) is 34.1 Å². The van der Waals surface area contributed by atoms with E-state index in [0.29, 0.717) is 17.6 Å². The van der Waals surface area contributed by atoms with Crippen molar-refractivity contribution >= 4 is 0 Å². The number of rotatable bonds is 7. The van der Waals surface area contributed by atoms with Crippen molar-refractivity contribution in [3.63, 3.8) is 0 Å². The van der Waals surface area contributed by atoms with E-state index in [-0.39, 0.29) is 5.60 Å². The minimum atomic E-state index is -0.0176. The van der Waals surface area contributed by atoms with Crippen LogP contribution in [0.1, 0.15) is 61.3 Å². The van der Waals surface area contributed by atoms with Crippen LogP contribution in [0, 0.1) is 5.41 Å². The molecule has 120 valence electrons. The van der Waals surface area contributed by atoms with Gasteiger partial charge >= 0.3 is 0 Å². The Labute approximate surface area is 126 Å². The molecule has 1 fully saturated rings. The first kappa shape index (κ1) is 17.9. The van der Waals surface area contributed by atoms with Crippen molar-refractivity contribution in [2.75, 3.05) is 26.2 Å². The average molecular weight is 284 g/mol. The highest BCUT2D eigenvalue weighted by molar-refractivity contribution is 4.88. The van der Waals surface area contributed by atoms with Gasteiger partial charge in [-0.05, 0) is 32.6 Å². The van der Waals surface area contributed by atoms with E-state index >= 15 is 0 Å². The van der Waals surface area contributed by atoms with Gasteiger partial charge in [0.25, 0.3) is 0 Å². The third-order valence-electron chi connectivity index (χ3n) is 4.04. The van der Waals surface area contributed by atoms with Gasteiger partial charge in [-0.2, -0.15) is 0 Å². The molecular weight excluding hydrogens is 248 g/mol. The zero-order valence-corrected chi connectivity index (χ0v) is 14.8. The molecule has 1 rings (SSSR count). The van der Waals surface area contributed by atoms with Gasteiger partial charge in [0.1, 0.15) is 0 Å². The first-order chi connectivity index (χ1) is 9.16. The molecule has 1 heterocycles. The first-order valence-corrected chi connectivity index (χ1v) is 8.29. The highest BCUT2D eigenvalue weighted by atomic mass is 16.5. The fourth-order valence-electron chi connectivity index (χ4n) is 3.52. The predicted octanol–water partition coefficient (Wildman–Crippen LogP) is 3.29. The van der Waals surface area contributed by atoms with Gasteiger partial charge in [0.2, 0.25) is 0 Å². The van der Waals surface area contributed by atoms with Gasteiger partial charge in [0, 0.05) is 32.2 Å². The lowest BCUT2D eigenvalue weighted by molar-refractivity contribution is -0.134. The Hall–Kier alpha value is -0.120. The summed E-state index contributed by atoms with van der Waals surface area (Å²) in [5.74, 6) is 0. The fraction of sp³-hybridized carbons (Fsp3) is 1.00. The molecule has 0 spiro atoms. The third-order valence-corrected chi connectivity index (χ3v) is 4.04. The molecule has 1 aliphatic heterocycles. The summed E-state index contributed by atoms with van der Waals surface area (Å²) in [6.45, 7) is 20.2. The summed E-state index contributed by atoms with van der Waals surface area (Å²) in [5, 5.41) is 3.63. The molecule has 2 unspecified atom stereocenters. The SMILES string of the molecule is CCCC(C)(CNC(C)C)CN1CC(C)OC(C)(C)C1. The molecule has 0 radical (unpaired) electrons. The number of ether oxygens (including phenoxy) is 1. The molecule has 0 amide bonds. The maximum absolute atomic E-state index is 6.02. The topological polar surface area (TPSA) is 24.5 Å². The van der Waals surface area contributed by atoms with E-state index < -0.39 is 0 Å². The second kappa shape index (κ2) is 7.24. The standard InChI is InChI=1S/C17H36N2O/c1-8-9-17(7,11-18-14(2)3)13-19-10-15(4)20-16(5,6)12-19/h14-15,18H,8-13H2,1-7H3. The lowest BCUT2D eigenvalue weighted by Gasteiger charge is -2.45. The molecule has 3 heteroatoms. The Balaban J connectivity index is 2.64. The molecule has 0 aromatic rings. The van der Waals surface area contributed by atoms with Crippen molar-refractivity contribution < 1.29 is 4.74 Å². The zero-order valence-electron chi connectivity index (χ0n) is 14.8. The van der Waals surface area contributed by atoms with Crippen LogP contribution < -0.4 is 5.32 Å². The Morgan fingerprint density at radius 1 is 1.40 bits per heavy atom. The summed E-state index contributed by atoms with van der Waals surface area (Å²) in [4.78, 5) is 2.60. The molecular formula is C17H36N2O. The van der Waals surface area contributed by atoms with Gasteiger partial charge in [0.05, 0.1) is 11.7 Å². The highest BCUT2D eigenvalue weighted by Gasteiger charge is 2.35. The van der Waals surface area contributed by atoms with E-state index in [4.69, 9.17) is 4.74 Å². The monoisotopic (exact) mass is 284 g/mol. The van der Waals surface area contributed by atoms with E-state index in [0.717, 1.165) is 26.2 Å². The number of hydrogen-bond acceptors (Lipinski definition) is 3. The zero-order chi connectivity index (χ0) is 15.4. The second-order valence-corrected chi connectivity index (χ2v) is 7.95. The Kier molecular flexibility index (Phi) is 6.49. The summed E-state index contributed by atoms with van der Waals surface area (Å²) in [6.07, 6.45) is 2.86. The summed E-state index contributed by atoms with van der Waals surface area (Å²) in [7, 11) is 0. The largest absolute Gasteiger partial charge is 0.370 e. The van der Waals surface area contributed by atoms with Crippen LogP contribution in [-0.2, 0) is 4.74 Å². The van der Waals surface area contributed by atoms with Crippen molar-refractivity contribution in [2.45, 2.75) is 79.1 Å². The van der Waals surface area contributed by atoms with Crippen molar-refractivity contribution in [1.82, 2.24) is 10.2 Å². The van der Waals surface area contributed by atoms with Crippen LogP contribution in [0.25, 0.3) is 0 Å². The summed E-state index contributed by atoms with van der Waals surface area (Å²) in [5.41, 5.74) is 0.336. The molecule has 0 saturated carbocycles. The van der Waals surface area contributed by atoms with Gasteiger partial charge < -0.3 is 10.1 Å².